The summed E-state index contributed by atoms with van der Waals surface area (Å²) in [5.74, 6) is -2.57. The molecule has 17 nitrogen and oxygen atoms in total. The van der Waals surface area contributed by atoms with E-state index >= 15 is 4.79 Å². The van der Waals surface area contributed by atoms with Gasteiger partial charge in [-0.05, 0) is 110 Å². The van der Waals surface area contributed by atoms with Crippen LogP contribution in [0, 0.1) is 43.8 Å². The summed E-state index contributed by atoms with van der Waals surface area (Å²) in [5.41, 5.74) is 2.20. The van der Waals surface area contributed by atoms with Crippen molar-refractivity contribution in [1.82, 2.24) is 4.90 Å². The molecular weight excluding hydrogens is 908 g/mol. The van der Waals surface area contributed by atoms with E-state index in [-0.39, 0.29) is 67.5 Å². The van der Waals surface area contributed by atoms with Gasteiger partial charge in [0, 0.05) is 62.3 Å². The highest BCUT2D eigenvalue weighted by atomic mass is 19.1. The van der Waals surface area contributed by atoms with E-state index < -0.39 is 51.7 Å². The van der Waals surface area contributed by atoms with Crippen LogP contribution in [0.1, 0.15) is 81.3 Å². The molecule has 4 aromatic carbocycles. The minimum Gasteiger partial charge on any atom is -0.459 e. The molecule has 1 unspecified atom stereocenters. The van der Waals surface area contributed by atoms with Gasteiger partial charge in [0.15, 0.2) is 0 Å². The van der Waals surface area contributed by atoms with Crippen LogP contribution in [0.15, 0.2) is 120 Å². The summed E-state index contributed by atoms with van der Waals surface area (Å²) in [6.45, 7) is 4.32. The lowest BCUT2D eigenvalue weighted by Gasteiger charge is -2.59. The number of nitro benzene ring substituents is 2. The molecular formula is C52H57FN4O13. The van der Waals surface area contributed by atoms with Gasteiger partial charge in [0.1, 0.15) is 34.9 Å². The molecule has 4 aromatic rings. The number of nitro groups is 2. The van der Waals surface area contributed by atoms with Gasteiger partial charge in [0.05, 0.1) is 40.8 Å². The molecule has 18 heteroatoms. The van der Waals surface area contributed by atoms with Gasteiger partial charge in [0.2, 0.25) is 12.1 Å². The van der Waals surface area contributed by atoms with Crippen molar-refractivity contribution in [3.63, 3.8) is 0 Å². The van der Waals surface area contributed by atoms with Crippen molar-refractivity contribution in [1.29, 1.82) is 0 Å². The van der Waals surface area contributed by atoms with Crippen molar-refractivity contribution >= 4 is 23.2 Å². The summed E-state index contributed by atoms with van der Waals surface area (Å²) in [6.07, 6.45) is 8.47. The highest BCUT2D eigenvalue weighted by Gasteiger charge is 2.66. The predicted octanol–water partition coefficient (Wildman–Crippen LogP) is 10.3. The standard InChI is InChI=1S/C52H57FN4O13/c1-2-27-66-52-47(55(33-34-15-17-36(53)18-16-34)51(60)68-39-21-19-37(20-22-39)56(61)62)32-45(54-70-48-14-5-8-28-65-48)43-29-35(10-3-6-25-58)42(13-4-7-26-59)49(50(43)52)44-31-41(23-24-46(44)69-52)67-40-12-9-11-38(30-40)57(63)64/h2,9,11-12,15-24,29-31,35,42,47-50,58-59H,1,3-8,10,13-14,25-28,32-33H2/t35-,42+,47-,48?,49+,50+,52+/m0/s1. The third-order valence-corrected chi connectivity index (χ3v) is 13.5. The summed E-state index contributed by atoms with van der Waals surface area (Å²) in [4.78, 5) is 45.0. The first-order valence-electron chi connectivity index (χ1n) is 23.8. The fourth-order valence-electron chi connectivity index (χ4n) is 10.3. The van der Waals surface area contributed by atoms with Crippen LogP contribution in [0.2, 0.25) is 0 Å². The first-order chi connectivity index (χ1) is 34.0. The Balaban J connectivity index is 1.34. The molecule has 2 aliphatic heterocycles. The molecule has 2 fully saturated rings. The number of ether oxygens (including phenoxy) is 5. The second kappa shape index (κ2) is 22.8. The number of rotatable bonds is 21. The number of aliphatic hydroxyl groups is 2. The van der Waals surface area contributed by atoms with Gasteiger partial charge in [-0.1, -0.05) is 48.3 Å². The normalized spacial score (nSPS) is 24.0. The lowest BCUT2D eigenvalue weighted by atomic mass is 9.55. The van der Waals surface area contributed by atoms with Crippen molar-refractivity contribution in [3.8, 4) is 23.0 Å². The fourth-order valence-corrected chi connectivity index (χ4v) is 10.3. The van der Waals surface area contributed by atoms with Crippen LogP contribution in [0.3, 0.4) is 0 Å². The second-order valence-corrected chi connectivity index (χ2v) is 17.9. The minimum absolute atomic E-state index is 0.00265. The van der Waals surface area contributed by atoms with E-state index in [1.54, 1.807) is 42.5 Å². The number of unbranched alkanes of at least 4 members (excludes halogenated alkanes) is 2. The van der Waals surface area contributed by atoms with Crippen LogP contribution in [-0.2, 0) is 20.9 Å². The Morgan fingerprint density at radius 2 is 1.63 bits per heavy atom. The Bertz CT molecular complexity index is 2550. The molecule has 0 aromatic heterocycles. The van der Waals surface area contributed by atoms with Crippen molar-refractivity contribution in [2.45, 2.75) is 94.8 Å². The number of amides is 1. The molecule has 1 saturated heterocycles. The summed E-state index contributed by atoms with van der Waals surface area (Å²) >= 11 is 0. The van der Waals surface area contributed by atoms with E-state index in [1.165, 1.54) is 53.4 Å². The molecule has 0 bridgehead atoms. The first-order valence-corrected chi connectivity index (χ1v) is 23.8. The van der Waals surface area contributed by atoms with Gasteiger partial charge >= 0.3 is 6.09 Å². The third kappa shape index (κ3) is 11.2. The van der Waals surface area contributed by atoms with Crippen LogP contribution in [0.4, 0.5) is 20.6 Å². The molecule has 0 radical (unpaired) electrons. The molecule has 2 N–H and O–H groups in total. The molecule has 4 aliphatic rings. The van der Waals surface area contributed by atoms with Crippen LogP contribution >= 0.6 is 0 Å². The highest BCUT2D eigenvalue weighted by Crippen LogP contribution is 2.62. The molecule has 1 saturated carbocycles. The van der Waals surface area contributed by atoms with Crippen molar-refractivity contribution in [2.75, 3.05) is 26.4 Å². The molecule has 2 heterocycles. The summed E-state index contributed by atoms with van der Waals surface area (Å²) in [5, 5.41) is 48.2. The maximum absolute atomic E-state index is 15.1. The van der Waals surface area contributed by atoms with E-state index in [4.69, 9.17) is 33.7 Å². The minimum atomic E-state index is -1.72. The zero-order valence-corrected chi connectivity index (χ0v) is 38.6. The number of carbonyl (C=O) groups is 1. The van der Waals surface area contributed by atoms with Gasteiger partial charge < -0.3 is 38.7 Å². The number of hydrogen-bond donors (Lipinski definition) is 2. The monoisotopic (exact) mass is 964 g/mol. The lowest BCUT2D eigenvalue weighted by molar-refractivity contribution is -0.385. The molecule has 70 heavy (non-hydrogen) atoms. The second-order valence-electron chi connectivity index (χ2n) is 17.9. The molecule has 2 aliphatic carbocycles. The Hall–Kier alpha value is -6.73. The highest BCUT2D eigenvalue weighted by molar-refractivity contribution is 6.03. The Morgan fingerprint density at radius 3 is 2.33 bits per heavy atom. The predicted molar refractivity (Wildman–Crippen MR) is 254 cm³/mol. The number of fused-ring (bicyclic) bond motifs is 2. The number of halogens is 1. The van der Waals surface area contributed by atoms with Gasteiger partial charge in [0.25, 0.3) is 11.4 Å². The first kappa shape index (κ1) is 49.7. The van der Waals surface area contributed by atoms with Crippen LogP contribution in [0.25, 0.3) is 0 Å². The van der Waals surface area contributed by atoms with Crippen molar-refractivity contribution < 1.29 is 57.8 Å². The van der Waals surface area contributed by atoms with E-state index in [0.29, 0.717) is 74.3 Å². The average Bonchev–Trinajstić information content (AvgIpc) is 3.36. The molecule has 0 spiro atoms. The van der Waals surface area contributed by atoms with Crippen LogP contribution in [-0.4, -0.2) is 81.3 Å². The SMILES string of the molecule is C=CCO[C@@]12Oc3ccc(Oc4cccc([N+](=O)[O-])c4)cc3[C@H]3[C@H](CCCCO)[C@@H](CCCCO)C=C(C(=NOC4CCCCO4)C[C@@H]1N(Cc1ccc(F)cc1)C(=O)Oc1ccc([N+](=O)[O-])cc1)[C@H]32. The van der Waals surface area contributed by atoms with Gasteiger partial charge in [-0.25, -0.2) is 9.18 Å². The quantitative estimate of drug-likeness (QED) is 0.0344. The fraction of sp³-hybridized carbons (Fsp3) is 0.423. The average molecular weight is 965 g/mol. The third-order valence-electron chi connectivity index (χ3n) is 13.5. The molecule has 8 rings (SSSR count). The molecule has 1 amide bonds. The number of benzene rings is 4. The molecule has 370 valence electrons. The number of allylic oxidation sites excluding steroid dienone is 1. The van der Waals surface area contributed by atoms with E-state index in [0.717, 1.165) is 24.0 Å². The van der Waals surface area contributed by atoms with E-state index in [9.17, 15) is 34.8 Å². The topological polar surface area (TPSA) is 215 Å². The zero-order chi connectivity index (χ0) is 49.2. The zero-order valence-electron chi connectivity index (χ0n) is 38.6. The van der Waals surface area contributed by atoms with Crippen LogP contribution < -0.4 is 14.2 Å². The summed E-state index contributed by atoms with van der Waals surface area (Å²) in [7, 11) is 0. The Labute approximate surface area is 404 Å². The van der Waals surface area contributed by atoms with Crippen molar-refractivity contribution in [3.05, 3.63) is 152 Å². The maximum Gasteiger partial charge on any atom is 0.416 e. The number of oxime groups is 1. The summed E-state index contributed by atoms with van der Waals surface area (Å²) < 4.78 is 47.2. The van der Waals surface area contributed by atoms with Gasteiger partial charge in [-0.15, -0.1) is 6.58 Å². The Kier molecular flexibility index (Phi) is 16.2. The number of aliphatic hydroxyl groups excluding tert-OH is 2. The number of hydrogen-bond acceptors (Lipinski definition) is 14. The smallest absolute Gasteiger partial charge is 0.416 e. The van der Waals surface area contributed by atoms with Gasteiger partial charge in [-0.3, -0.25) is 25.1 Å². The van der Waals surface area contributed by atoms with E-state index in [1.807, 2.05) is 6.07 Å². The Morgan fingerprint density at radius 1 is 0.900 bits per heavy atom. The van der Waals surface area contributed by atoms with Crippen LogP contribution in [0.5, 0.6) is 23.0 Å². The lowest BCUT2D eigenvalue weighted by Crippen LogP contribution is -2.70. The van der Waals surface area contributed by atoms with E-state index in [2.05, 4.69) is 12.7 Å². The number of non-ortho nitro benzene ring substituents is 2. The molecule has 7 atom stereocenters. The van der Waals surface area contributed by atoms with Crippen molar-refractivity contribution in [2.24, 2.45) is 22.9 Å². The van der Waals surface area contributed by atoms with Gasteiger partial charge in [-0.2, -0.15) is 0 Å². The summed E-state index contributed by atoms with van der Waals surface area (Å²) in [6, 6.07) is 21.0. The number of carbonyl (C=O) groups excluding carboxylic acids is 1. The largest absolute Gasteiger partial charge is 0.459 e. The maximum atomic E-state index is 15.1. The number of nitrogens with zero attached hydrogens (tertiary/aromatic N) is 4.